The van der Waals surface area contributed by atoms with Crippen molar-refractivity contribution in [3.63, 3.8) is 0 Å². The van der Waals surface area contributed by atoms with Crippen LogP contribution in [0.3, 0.4) is 0 Å². The number of nitrogen functional groups attached to an aromatic ring is 1. The van der Waals surface area contributed by atoms with Crippen molar-refractivity contribution in [1.82, 2.24) is 14.5 Å². The molecular weight excluding hydrogens is 264 g/mol. The van der Waals surface area contributed by atoms with Crippen molar-refractivity contribution in [2.24, 2.45) is 0 Å². The zero-order chi connectivity index (χ0) is 13.8. The van der Waals surface area contributed by atoms with Gasteiger partial charge in [0.05, 0.1) is 24.4 Å². The van der Waals surface area contributed by atoms with Crippen LogP contribution in [0.4, 0.5) is 5.82 Å². The lowest BCUT2D eigenvalue weighted by molar-refractivity contribution is 0.0521. The van der Waals surface area contributed by atoms with Crippen LogP contribution in [-0.4, -0.2) is 27.1 Å². The van der Waals surface area contributed by atoms with E-state index >= 15 is 0 Å². The molecular formula is C12H16N4O2S. The van der Waals surface area contributed by atoms with Crippen LogP contribution in [0.25, 0.3) is 0 Å². The number of imidazole rings is 1. The molecule has 2 aromatic heterocycles. The second-order valence-corrected chi connectivity index (χ2v) is 4.62. The molecule has 0 atom stereocenters. The molecule has 0 fully saturated rings. The first-order valence-electron chi connectivity index (χ1n) is 6.06. The molecule has 0 saturated carbocycles. The Hall–Kier alpha value is -1.89. The lowest BCUT2D eigenvalue weighted by atomic mass is 10.4. The maximum absolute atomic E-state index is 11.8. The summed E-state index contributed by atoms with van der Waals surface area (Å²) in [5, 5.41) is 1.95. The van der Waals surface area contributed by atoms with Crippen LogP contribution < -0.4 is 5.73 Å². The zero-order valence-corrected chi connectivity index (χ0v) is 11.7. The van der Waals surface area contributed by atoms with Crippen LogP contribution in [-0.2, 0) is 17.7 Å². The fourth-order valence-electron chi connectivity index (χ4n) is 1.79. The van der Waals surface area contributed by atoms with Gasteiger partial charge in [0.15, 0.2) is 5.69 Å². The summed E-state index contributed by atoms with van der Waals surface area (Å²) in [5.41, 5.74) is 8.86. The Labute approximate surface area is 115 Å². The van der Waals surface area contributed by atoms with Crippen LogP contribution in [0.15, 0.2) is 10.9 Å². The van der Waals surface area contributed by atoms with E-state index in [9.17, 15) is 4.79 Å². The van der Waals surface area contributed by atoms with E-state index in [0.29, 0.717) is 25.4 Å². The lowest BCUT2D eigenvalue weighted by Crippen LogP contribution is -2.11. The Bertz CT molecular complexity index is 563. The zero-order valence-electron chi connectivity index (χ0n) is 10.9. The summed E-state index contributed by atoms with van der Waals surface area (Å²) >= 11 is 1.52. The quantitative estimate of drug-likeness (QED) is 0.843. The minimum Gasteiger partial charge on any atom is -0.461 e. The Morgan fingerprint density at radius 2 is 2.32 bits per heavy atom. The monoisotopic (exact) mass is 280 g/mol. The van der Waals surface area contributed by atoms with Gasteiger partial charge in [-0.25, -0.2) is 14.8 Å². The number of thiazole rings is 1. The number of carbonyl (C=O) groups excluding carboxylic acids is 1. The van der Waals surface area contributed by atoms with Gasteiger partial charge in [-0.3, -0.25) is 0 Å². The molecule has 2 aromatic rings. The van der Waals surface area contributed by atoms with Gasteiger partial charge in [0.25, 0.3) is 0 Å². The number of aryl methyl sites for hydroxylation is 1. The third kappa shape index (κ3) is 2.76. The maximum atomic E-state index is 11.8. The van der Waals surface area contributed by atoms with Crippen molar-refractivity contribution in [2.45, 2.75) is 26.8 Å². The van der Waals surface area contributed by atoms with Gasteiger partial charge in [-0.15, -0.1) is 11.3 Å². The highest BCUT2D eigenvalue weighted by Crippen LogP contribution is 2.18. The predicted octanol–water partition coefficient (Wildman–Crippen LogP) is 1.71. The number of anilines is 1. The molecule has 19 heavy (non-hydrogen) atoms. The maximum Gasteiger partial charge on any atom is 0.360 e. The van der Waals surface area contributed by atoms with Gasteiger partial charge in [-0.05, 0) is 6.92 Å². The molecule has 0 aliphatic heterocycles. The summed E-state index contributed by atoms with van der Waals surface area (Å²) in [4.78, 5) is 20.2. The van der Waals surface area contributed by atoms with Gasteiger partial charge in [0, 0.05) is 11.8 Å². The topological polar surface area (TPSA) is 83.0 Å². The van der Waals surface area contributed by atoms with Crippen molar-refractivity contribution in [2.75, 3.05) is 12.3 Å². The molecule has 2 heterocycles. The number of ether oxygens (including phenoxy) is 1. The molecule has 0 aromatic carbocycles. The third-order valence-electron chi connectivity index (χ3n) is 2.67. The number of hydrogen-bond donors (Lipinski definition) is 1. The molecule has 2 N–H and O–H groups in total. The second-order valence-electron chi connectivity index (χ2n) is 3.90. The summed E-state index contributed by atoms with van der Waals surface area (Å²) < 4.78 is 6.76. The molecule has 0 radical (unpaired) electrons. The standard InChI is InChI=1S/C12H16N4O2S/c1-3-9-15-10(12(17)18-4-2)11(13)16(9)5-8-6-19-7-14-8/h6-7H,3-5,13H2,1-2H3. The van der Waals surface area contributed by atoms with Gasteiger partial charge in [-0.2, -0.15) is 0 Å². The summed E-state index contributed by atoms with van der Waals surface area (Å²) in [6.07, 6.45) is 0.688. The van der Waals surface area contributed by atoms with Crippen molar-refractivity contribution in [3.05, 3.63) is 28.1 Å². The van der Waals surface area contributed by atoms with Gasteiger partial charge < -0.3 is 15.0 Å². The first-order chi connectivity index (χ1) is 9.17. The molecule has 0 unspecified atom stereocenters. The smallest absolute Gasteiger partial charge is 0.360 e. The van der Waals surface area contributed by atoms with E-state index in [2.05, 4.69) is 9.97 Å². The van der Waals surface area contributed by atoms with Crippen LogP contribution in [0.2, 0.25) is 0 Å². The van der Waals surface area contributed by atoms with Gasteiger partial charge in [0.1, 0.15) is 11.6 Å². The van der Waals surface area contributed by atoms with Crippen LogP contribution in [0.1, 0.15) is 35.9 Å². The van der Waals surface area contributed by atoms with Gasteiger partial charge in [-0.1, -0.05) is 6.92 Å². The average Bonchev–Trinajstić information content (AvgIpc) is 3.00. The number of nitrogens with two attached hydrogens (primary N) is 1. The van der Waals surface area contributed by atoms with Crippen LogP contribution in [0, 0.1) is 0 Å². The number of carbonyl (C=O) groups is 1. The van der Waals surface area contributed by atoms with Gasteiger partial charge >= 0.3 is 5.97 Å². The van der Waals surface area contributed by atoms with Crippen molar-refractivity contribution in [1.29, 1.82) is 0 Å². The fraction of sp³-hybridized carbons (Fsp3) is 0.417. The largest absolute Gasteiger partial charge is 0.461 e. The van der Waals surface area contributed by atoms with Crippen molar-refractivity contribution in [3.8, 4) is 0 Å². The molecule has 6 nitrogen and oxygen atoms in total. The Balaban J connectivity index is 2.34. The van der Waals surface area contributed by atoms with Gasteiger partial charge in [0.2, 0.25) is 0 Å². The normalized spacial score (nSPS) is 10.6. The summed E-state index contributed by atoms with van der Waals surface area (Å²) in [6.45, 7) is 4.54. The first-order valence-corrected chi connectivity index (χ1v) is 7.00. The van der Waals surface area contributed by atoms with E-state index in [1.165, 1.54) is 11.3 Å². The first kappa shape index (κ1) is 13.5. The summed E-state index contributed by atoms with van der Waals surface area (Å²) in [5.74, 6) is 0.614. The molecule has 0 bridgehead atoms. The highest BCUT2D eigenvalue weighted by Gasteiger charge is 2.21. The molecule has 0 saturated heterocycles. The average molecular weight is 280 g/mol. The molecule has 2 rings (SSSR count). The molecule has 0 spiro atoms. The van der Waals surface area contributed by atoms with E-state index in [1.54, 1.807) is 17.0 Å². The number of rotatable bonds is 5. The van der Waals surface area contributed by atoms with E-state index in [1.807, 2.05) is 12.3 Å². The number of hydrogen-bond acceptors (Lipinski definition) is 6. The number of nitrogens with zero attached hydrogens (tertiary/aromatic N) is 3. The molecule has 7 heteroatoms. The SMILES string of the molecule is CCOC(=O)c1nc(CC)n(Cc2cscn2)c1N. The Morgan fingerprint density at radius 1 is 1.53 bits per heavy atom. The number of esters is 1. The summed E-state index contributed by atoms with van der Waals surface area (Å²) in [7, 11) is 0. The fourth-order valence-corrected chi connectivity index (χ4v) is 2.34. The minimum atomic E-state index is -0.480. The highest BCUT2D eigenvalue weighted by atomic mass is 32.1. The van der Waals surface area contributed by atoms with Crippen LogP contribution >= 0.6 is 11.3 Å². The van der Waals surface area contributed by atoms with E-state index in [-0.39, 0.29) is 5.69 Å². The second kappa shape index (κ2) is 5.83. The Kier molecular flexibility index (Phi) is 4.16. The molecule has 0 amide bonds. The molecule has 0 aliphatic carbocycles. The van der Waals surface area contributed by atoms with Crippen molar-refractivity contribution >= 4 is 23.1 Å². The Morgan fingerprint density at radius 3 is 2.89 bits per heavy atom. The third-order valence-corrected chi connectivity index (χ3v) is 3.31. The highest BCUT2D eigenvalue weighted by molar-refractivity contribution is 7.07. The summed E-state index contributed by atoms with van der Waals surface area (Å²) in [6, 6.07) is 0. The van der Waals surface area contributed by atoms with E-state index < -0.39 is 5.97 Å². The molecule has 0 aliphatic rings. The lowest BCUT2D eigenvalue weighted by Gasteiger charge is -2.06. The van der Waals surface area contributed by atoms with E-state index in [0.717, 1.165) is 11.5 Å². The number of aromatic nitrogens is 3. The van der Waals surface area contributed by atoms with Crippen LogP contribution in [0.5, 0.6) is 0 Å². The minimum absolute atomic E-state index is 0.189. The molecule has 102 valence electrons. The van der Waals surface area contributed by atoms with E-state index in [4.69, 9.17) is 10.5 Å². The van der Waals surface area contributed by atoms with Crippen molar-refractivity contribution < 1.29 is 9.53 Å². The predicted molar refractivity (Wildman–Crippen MR) is 73.2 cm³/mol.